The molecule has 168 valence electrons. The summed E-state index contributed by atoms with van der Waals surface area (Å²) in [6.45, 7) is 0. The minimum Gasteiger partial charge on any atom is -0.497 e. The molecule has 1 N–H and O–H groups in total. The van der Waals surface area contributed by atoms with Crippen LogP contribution in [-0.2, 0) is 4.79 Å². The van der Waals surface area contributed by atoms with Gasteiger partial charge < -0.3 is 19.5 Å². The molecule has 33 heavy (non-hydrogen) atoms. The van der Waals surface area contributed by atoms with E-state index in [1.54, 1.807) is 43.5 Å². The fourth-order valence-electron chi connectivity index (χ4n) is 3.50. The van der Waals surface area contributed by atoms with Crippen molar-refractivity contribution in [3.63, 3.8) is 0 Å². The first-order valence-electron chi connectivity index (χ1n) is 10.1. The number of halogens is 2. The Morgan fingerprint density at radius 2 is 1.67 bits per heavy atom. The lowest BCUT2D eigenvalue weighted by Crippen LogP contribution is -2.11. The predicted octanol–water partition coefficient (Wildman–Crippen LogP) is 6.79. The van der Waals surface area contributed by atoms with Crippen molar-refractivity contribution in [3.8, 4) is 34.1 Å². The molecule has 0 spiro atoms. The van der Waals surface area contributed by atoms with E-state index >= 15 is 0 Å². The highest BCUT2D eigenvalue weighted by Crippen LogP contribution is 2.41. The summed E-state index contributed by atoms with van der Waals surface area (Å²) in [5, 5.41) is 4.75. The van der Waals surface area contributed by atoms with Gasteiger partial charge in [-0.1, -0.05) is 28.1 Å². The van der Waals surface area contributed by atoms with E-state index in [4.69, 9.17) is 14.2 Å². The van der Waals surface area contributed by atoms with Gasteiger partial charge in [-0.05, 0) is 71.6 Å². The summed E-state index contributed by atoms with van der Waals surface area (Å²) in [6, 6.07) is 21.4. The number of carbonyl (C=O) groups is 1. The first-order chi connectivity index (χ1) is 16.0. The van der Waals surface area contributed by atoms with Crippen molar-refractivity contribution in [2.45, 2.75) is 0 Å². The summed E-state index contributed by atoms with van der Waals surface area (Å²) >= 11 is 3.13. The Bertz CT molecular complexity index is 1310. The number of benzene rings is 4. The SMILES string of the molecule is COc1ccc2c(Oc3ccc(NC(=O)CBr)cc3)c(-c3ccc(OC)c(F)c3)ccc2c1. The summed E-state index contributed by atoms with van der Waals surface area (Å²) < 4.78 is 31.2. The topological polar surface area (TPSA) is 56.8 Å². The molecule has 0 fully saturated rings. The number of rotatable bonds is 7. The molecule has 0 heterocycles. The van der Waals surface area contributed by atoms with Crippen molar-refractivity contribution < 1.29 is 23.4 Å². The number of alkyl halides is 1. The van der Waals surface area contributed by atoms with E-state index in [0.717, 1.165) is 22.1 Å². The van der Waals surface area contributed by atoms with E-state index in [0.29, 0.717) is 22.7 Å². The van der Waals surface area contributed by atoms with Gasteiger partial charge in [0.2, 0.25) is 5.91 Å². The molecular formula is C26H21BrFNO4. The smallest absolute Gasteiger partial charge is 0.235 e. The van der Waals surface area contributed by atoms with Gasteiger partial charge in [0.15, 0.2) is 11.6 Å². The van der Waals surface area contributed by atoms with Gasteiger partial charge >= 0.3 is 0 Å². The summed E-state index contributed by atoms with van der Waals surface area (Å²) in [4.78, 5) is 11.6. The quantitative estimate of drug-likeness (QED) is 0.278. The lowest BCUT2D eigenvalue weighted by Gasteiger charge is -2.16. The maximum absolute atomic E-state index is 14.5. The van der Waals surface area contributed by atoms with E-state index in [9.17, 15) is 9.18 Å². The summed E-state index contributed by atoms with van der Waals surface area (Å²) in [7, 11) is 3.04. The fourth-order valence-corrected chi connectivity index (χ4v) is 3.64. The van der Waals surface area contributed by atoms with Gasteiger partial charge in [-0.3, -0.25) is 4.79 Å². The minimum atomic E-state index is -0.456. The maximum Gasteiger partial charge on any atom is 0.235 e. The monoisotopic (exact) mass is 509 g/mol. The average molecular weight is 510 g/mol. The third-order valence-electron chi connectivity index (χ3n) is 5.12. The second-order valence-corrected chi connectivity index (χ2v) is 7.75. The third kappa shape index (κ3) is 4.93. The molecule has 0 aliphatic rings. The molecular weight excluding hydrogens is 489 g/mol. The van der Waals surface area contributed by atoms with Gasteiger partial charge in [-0.2, -0.15) is 0 Å². The number of anilines is 1. The summed E-state index contributed by atoms with van der Waals surface area (Å²) in [5.74, 6) is 1.46. The van der Waals surface area contributed by atoms with Crippen LogP contribution in [0.25, 0.3) is 21.9 Å². The Labute approximate surface area is 199 Å². The second-order valence-electron chi connectivity index (χ2n) is 7.19. The van der Waals surface area contributed by atoms with Crippen molar-refractivity contribution in [3.05, 3.63) is 78.6 Å². The third-order valence-corrected chi connectivity index (χ3v) is 5.63. The predicted molar refractivity (Wildman–Crippen MR) is 131 cm³/mol. The van der Waals surface area contributed by atoms with Crippen LogP contribution in [0.15, 0.2) is 72.8 Å². The van der Waals surface area contributed by atoms with Crippen LogP contribution in [0.5, 0.6) is 23.0 Å². The molecule has 0 unspecified atom stereocenters. The number of amides is 1. The Morgan fingerprint density at radius 1 is 0.909 bits per heavy atom. The highest BCUT2D eigenvalue weighted by atomic mass is 79.9. The Balaban J connectivity index is 1.79. The zero-order valence-corrected chi connectivity index (χ0v) is 19.6. The molecule has 4 rings (SSSR count). The molecule has 0 aliphatic carbocycles. The molecule has 0 radical (unpaired) electrons. The highest BCUT2D eigenvalue weighted by Gasteiger charge is 2.15. The highest BCUT2D eigenvalue weighted by molar-refractivity contribution is 9.09. The number of nitrogens with one attached hydrogen (secondary N) is 1. The van der Waals surface area contributed by atoms with Crippen molar-refractivity contribution in [2.75, 3.05) is 24.9 Å². The van der Waals surface area contributed by atoms with Crippen LogP contribution >= 0.6 is 15.9 Å². The van der Waals surface area contributed by atoms with E-state index in [2.05, 4.69) is 21.2 Å². The minimum absolute atomic E-state index is 0.143. The molecule has 0 saturated carbocycles. The van der Waals surface area contributed by atoms with Gasteiger partial charge in [0.25, 0.3) is 0 Å². The van der Waals surface area contributed by atoms with Gasteiger partial charge in [0.05, 0.1) is 19.5 Å². The van der Waals surface area contributed by atoms with Crippen LogP contribution in [0.3, 0.4) is 0 Å². The van der Waals surface area contributed by atoms with Gasteiger partial charge in [0, 0.05) is 16.6 Å². The van der Waals surface area contributed by atoms with E-state index in [1.165, 1.54) is 13.2 Å². The van der Waals surface area contributed by atoms with E-state index in [1.807, 2.05) is 30.3 Å². The Morgan fingerprint density at radius 3 is 2.33 bits per heavy atom. The average Bonchev–Trinajstić information content (AvgIpc) is 2.84. The van der Waals surface area contributed by atoms with E-state index in [-0.39, 0.29) is 17.0 Å². The van der Waals surface area contributed by atoms with Crippen LogP contribution in [-0.4, -0.2) is 25.5 Å². The zero-order valence-electron chi connectivity index (χ0n) is 18.0. The molecule has 0 saturated heterocycles. The lowest BCUT2D eigenvalue weighted by molar-refractivity contribution is -0.113. The first kappa shape index (κ1) is 22.6. The number of fused-ring (bicyclic) bond motifs is 1. The largest absolute Gasteiger partial charge is 0.497 e. The molecule has 0 bridgehead atoms. The lowest BCUT2D eigenvalue weighted by atomic mass is 9.99. The number of hydrogen-bond acceptors (Lipinski definition) is 4. The molecule has 0 aromatic heterocycles. The van der Waals surface area contributed by atoms with Gasteiger partial charge in [0.1, 0.15) is 17.2 Å². The molecule has 1 amide bonds. The number of ether oxygens (including phenoxy) is 3. The van der Waals surface area contributed by atoms with Gasteiger partial charge in [-0.25, -0.2) is 4.39 Å². The Kier molecular flexibility index (Phi) is 6.79. The fraction of sp³-hybridized carbons (Fsp3) is 0.115. The van der Waals surface area contributed by atoms with Gasteiger partial charge in [-0.15, -0.1) is 0 Å². The molecule has 0 aliphatic heterocycles. The van der Waals surface area contributed by atoms with Crippen LogP contribution in [0.2, 0.25) is 0 Å². The zero-order chi connectivity index (χ0) is 23.4. The maximum atomic E-state index is 14.5. The number of methoxy groups -OCH3 is 2. The molecule has 5 nitrogen and oxygen atoms in total. The van der Waals surface area contributed by atoms with Crippen molar-refractivity contribution in [1.82, 2.24) is 0 Å². The van der Waals surface area contributed by atoms with Crippen molar-refractivity contribution in [2.24, 2.45) is 0 Å². The van der Waals surface area contributed by atoms with Crippen LogP contribution in [0.1, 0.15) is 0 Å². The van der Waals surface area contributed by atoms with Crippen LogP contribution < -0.4 is 19.5 Å². The summed E-state index contributed by atoms with van der Waals surface area (Å²) in [6.07, 6.45) is 0. The number of carbonyl (C=O) groups excluding carboxylic acids is 1. The molecule has 7 heteroatoms. The summed E-state index contributed by atoms with van der Waals surface area (Å²) in [5.41, 5.74) is 2.04. The van der Waals surface area contributed by atoms with Crippen molar-refractivity contribution in [1.29, 1.82) is 0 Å². The Hall–Kier alpha value is -3.58. The van der Waals surface area contributed by atoms with Crippen LogP contribution in [0.4, 0.5) is 10.1 Å². The molecule has 0 atom stereocenters. The molecule has 4 aromatic carbocycles. The normalized spacial score (nSPS) is 10.7. The van der Waals surface area contributed by atoms with E-state index < -0.39 is 5.82 Å². The second kappa shape index (κ2) is 9.92. The first-order valence-corrected chi connectivity index (χ1v) is 11.2. The van der Waals surface area contributed by atoms with Crippen molar-refractivity contribution >= 4 is 38.3 Å². The molecule has 4 aromatic rings. The standard InChI is InChI=1S/C26H21BrFNO4/c1-31-20-9-11-22-16(13-20)3-10-21(17-4-12-24(32-2)23(28)14-17)26(22)33-19-7-5-18(6-8-19)29-25(30)15-27/h3-14H,15H2,1-2H3,(H,29,30). The van der Waals surface area contributed by atoms with Crippen LogP contribution in [0, 0.1) is 5.82 Å². The number of hydrogen-bond donors (Lipinski definition) is 1.